The maximum Gasteiger partial charge on any atom is 0.261 e. The van der Waals surface area contributed by atoms with Crippen molar-refractivity contribution in [3.8, 4) is 0 Å². The average Bonchev–Trinajstić information content (AvgIpc) is 2.58. The molecule has 0 N–H and O–H groups in total. The second-order valence-corrected chi connectivity index (χ2v) is 5.51. The number of likely N-dealkylation sites (N-methyl/N-ethyl adjacent to an activating group) is 2. The van der Waals surface area contributed by atoms with Crippen LogP contribution < -0.4 is 5.56 Å². The van der Waals surface area contributed by atoms with Crippen molar-refractivity contribution in [1.29, 1.82) is 0 Å². The second kappa shape index (κ2) is 7.72. The Morgan fingerprint density at radius 3 is 2.46 bits per heavy atom. The van der Waals surface area contributed by atoms with Crippen molar-refractivity contribution < 1.29 is 9.59 Å². The van der Waals surface area contributed by atoms with Gasteiger partial charge in [0.05, 0.1) is 23.8 Å². The maximum absolute atomic E-state index is 12.4. The van der Waals surface area contributed by atoms with Crippen molar-refractivity contribution in [2.45, 2.75) is 20.4 Å². The highest BCUT2D eigenvalue weighted by molar-refractivity contribution is 5.85. The Kier molecular flexibility index (Phi) is 5.68. The molecule has 24 heavy (non-hydrogen) atoms. The Morgan fingerprint density at radius 1 is 1.12 bits per heavy atom. The van der Waals surface area contributed by atoms with E-state index >= 15 is 0 Å². The van der Waals surface area contributed by atoms with Crippen molar-refractivity contribution >= 4 is 22.7 Å². The summed E-state index contributed by atoms with van der Waals surface area (Å²) in [5, 5.41) is 0.467. The fourth-order valence-corrected chi connectivity index (χ4v) is 2.45. The minimum atomic E-state index is -0.310. The summed E-state index contributed by atoms with van der Waals surface area (Å²) >= 11 is 0. The number of carbonyl (C=O) groups excluding carboxylic acids is 2. The smallest absolute Gasteiger partial charge is 0.261 e. The fourth-order valence-electron chi connectivity index (χ4n) is 2.45. The summed E-state index contributed by atoms with van der Waals surface area (Å²) in [7, 11) is 1.56. The molecule has 0 aliphatic carbocycles. The van der Waals surface area contributed by atoms with Gasteiger partial charge in [0.1, 0.15) is 6.54 Å². The molecule has 0 spiro atoms. The highest BCUT2D eigenvalue weighted by Gasteiger charge is 2.17. The first-order valence-electron chi connectivity index (χ1n) is 7.93. The first kappa shape index (κ1) is 17.7. The van der Waals surface area contributed by atoms with Gasteiger partial charge < -0.3 is 9.80 Å². The van der Waals surface area contributed by atoms with Crippen LogP contribution in [0.25, 0.3) is 10.9 Å². The number of para-hydroxylation sites is 1. The zero-order chi connectivity index (χ0) is 17.7. The number of rotatable bonds is 6. The van der Waals surface area contributed by atoms with Gasteiger partial charge >= 0.3 is 0 Å². The van der Waals surface area contributed by atoms with Gasteiger partial charge in [-0.05, 0) is 26.0 Å². The topological polar surface area (TPSA) is 75.5 Å². The van der Waals surface area contributed by atoms with E-state index in [4.69, 9.17) is 0 Å². The lowest BCUT2D eigenvalue weighted by Gasteiger charge is -2.23. The van der Waals surface area contributed by atoms with E-state index in [9.17, 15) is 14.4 Å². The predicted molar refractivity (Wildman–Crippen MR) is 91.6 cm³/mol. The van der Waals surface area contributed by atoms with Crippen LogP contribution in [0.5, 0.6) is 0 Å². The monoisotopic (exact) mass is 330 g/mol. The first-order chi connectivity index (χ1) is 11.5. The minimum Gasteiger partial charge on any atom is -0.342 e. The van der Waals surface area contributed by atoms with Crippen LogP contribution in [-0.2, 0) is 16.1 Å². The molecule has 0 atom stereocenters. The number of hydrogen-bond donors (Lipinski definition) is 0. The number of amides is 2. The lowest BCUT2D eigenvalue weighted by atomic mass is 10.2. The van der Waals surface area contributed by atoms with Crippen LogP contribution in [-0.4, -0.2) is 57.8 Å². The number of hydrogen-bond acceptors (Lipinski definition) is 4. The molecule has 0 saturated heterocycles. The summed E-state index contributed by atoms with van der Waals surface area (Å²) in [6.45, 7) is 4.85. The average molecular weight is 330 g/mol. The van der Waals surface area contributed by atoms with Crippen LogP contribution in [0.1, 0.15) is 13.8 Å². The van der Waals surface area contributed by atoms with Crippen LogP contribution in [0, 0.1) is 0 Å². The van der Waals surface area contributed by atoms with E-state index in [1.165, 1.54) is 15.8 Å². The molecule has 1 aromatic carbocycles. The van der Waals surface area contributed by atoms with E-state index in [2.05, 4.69) is 4.98 Å². The van der Waals surface area contributed by atoms with Crippen LogP contribution in [0.15, 0.2) is 35.4 Å². The molecule has 2 rings (SSSR count). The largest absolute Gasteiger partial charge is 0.342 e. The Morgan fingerprint density at radius 2 is 1.79 bits per heavy atom. The lowest BCUT2D eigenvalue weighted by molar-refractivity contribution is -0.139. The highest BCUT2D eigenvalue weighted by Crippen LogP contribution is 2.04. The molecule has 0 fully saturated rings. The van der Waals surface area contributed by atoms with Gasteiger partial charge in [-0.15, -0.1) is 0 Å². The van der Waals surface area contributed by atoms with E-state index in [1.54, 1.807) is 36.2 Å². The summed E-state index contributed by atoms with van der Waals surface area (Å²) in [4.78, 5) is 43.9. The summed E-state index contributed by atoms with van der Waals surface area (Å²) in [5.41, 5.74) is 0.327. The summed E-state index contributed by atoms with van der Waals surface area (Å²) in [5.74, 6) is -0.422. The lowest BCUT2D eigenvalue weighted by Crippen LogP contribution is -2.42. The van der Waals surface area contributed by atoms with Gasteiger partial charge in [-0.1, -0.05) is 12.1 Å². The summed E-state index contributed by atoms with van der Waals surface area (Å²) < 4.78 is 1.27. The van der Waals surface area contributed by atoms with Crippen LogP contribution in [0.4, 0.5) is 0 Å². The van der Waals surface area contributed by atoms with Gasteiger partial charge in [-0.3, -0.25) is 19.0 Å². The van der Waals surface area contributed by atoms with Gasteiger partial charge in [-0.2, -0.15) is 0 Å². The molecule has 0 bridgehead atoms. The van der Waals surface area contributed by atoms with E-state index < -0.39 is 0 Å². The number of carbonyl (C=O) groups is 2. The SMILES string of the molecule is CCN(CC)C(=O)CN(C)C(=O)Cn1cnc2ccccc2c1=O. The van der Waals surface area contributed by atoms with Crippen LogP contribution in [0.3, 0.4) is 0 Å². The van der Waals surface area contributed by atoms with Gasteiger partial charge in [0, 0.05) is 20.1 Å². The third-order valence-electron chi connectivity index (χ3n) is 3.95. The van der Waals surface area contributed by atoms with Gasteiger partial charge in [0.2, 0.25) is 11.8 Å². The molecule has 1 heterocycles. The van der Waals surface area contributed by atoms with Crippen LogP contribution >= 0.6 is 0 Å². The second-order valence-electron chi connectivity index (χ2n) is 5.51. The Hall–Kier alpha value is -2.70. The molecule has 0 radical (unpaired) electrons. The molecule has 1 aromatic heterocycles. The quantitative estimate of drug-likeness (QED) is 0.782. The first-order valence-corrected chi connectivity index (χ1v) is 7.93. The molecule has 128 valence electrons. The molecule has 0 unspecified atom stereocenters. The Labute approximate surface area is 140 Å². The molecular formula is C17H22N4O3. The molecule has 0 aliphatic rings. The van der Waals surface area contributed by atoms with E-state index in [1.807, 2.05) is 13.8 Å². The third kappa shape index (κ3) is 3.79. The fraction of sp³-hybridized carbons (Fsp3) is 0.412. The van der Waals surface area contributed by atoms with Crippen molar-refractivity contribution in [1.82, 2.24) is 19.4 Å². The Bertz CT molecular complexity index is 796. The number of aromatic nitrogens is 2. The van der Waals surface area contributed by atoms with E-state index in [0.717, 1.165) is 0 Å². The summed E-state index contributed by atoms with van der Waals surface area (Å²) in [6, 6.07) is 6.99. The van der Waals surface area contributed by atoms with Gasteiger partial charge in [0.25, 0.3) is 5.56 Å². The zero-order valence-electron chi connectivity index (χ0n) is 14.2. The van der Waals surface area contributed by atoms with Crippen LogP contribution in [0.2, 0.25) is 0 Å². The maximum atomic E-state index is 12.4. The van der Waals surface area contributed by atoms with Gasteiger partial charge in [-0.25, -0.2) is 4.98 Å². The molecular weight excluding hydrogens is 308 g/mol. The molecule has 7 nitrogen and oxygen atoms in total. The van der Waals surface area contributed by atoms with Crippen molar-refractivity contribution in [2.75, 3.05) is 26.7 Å². The van der Waals surface area contributed by atoms with E-state index in [-0.39, 0.29) is 30.5 Å². The molecule has 2 amide bonds. The highest BCUT2D eigenvalue weighted by atomic mass is 16.2. The predicted octanol–water partition coefficient (Wildman–Crippen LogP) is 0.723. The van der Waals surface area contributed by atoms with Crippen molar-refractivity contribution in [2.24, 2.45) is 0 Å². The minimum absolute atomic E-state index is 0.00370. The molecule has 7 heteroatoms. The standard InChI is InChI=1S/C17H22N4O3/c1-4-20(5-2)16(23)10-19(3)15(22)11-21-12-18-14-9-7-6-8-13(14)17(21)24/h6-9,12H,4-5,10-11H2,1-3H3. The number of benzene rings is 1. The molecule has 0 saturated carbocycles. The normalized spacial score (nSPS) is 10.6. The molecule has 0 aliphatic heterocycles. The van der Waals surface area contributed by atoms with Gasteiger partial charge in [0.15, 0.2) is 0 Å². The van der Waals surface area contributed by atoms with Crippen molar-refractivity contribution in [3.63, 3.8) is 0 Å². The Balaban J connectivity index is 2.10. The van der Waals surface area contributed by atoms with E-state index in [0.29, 0.717) is 24.0 Å². The third-order valence-corrected chi connectivity index (χ3v) is 3.95. The summed E-state index contributed by atoms with van der Waals surface area (Å²) in [6.07, 6.45) is 1.36. The zero-order valence-corrected chi connectivity index (χ0v) is 14.2. The molecule has 2 aromatic rings. The number of nitrogens with zero attached hydrogens (tertiary/aromatic N) is 4. The van der Waals surface area contributed by atoms with Crippen molar-refractivity contribution in [3.05, 3.63) is 40.9 Å². The number of fused-ring (bicyclic) bond motifs is 1.